The third-order valence-electron chi connectivity index (χ3n) is 4.62. The molecule has 0 amide bonds. The van der Waals surface area contributed by atoms with Crippen LogP contribution in [0.5, 0.6) is 0 Å². The fraction of sp³-hybridized carbons (Fsp3) is 0.400. The molecule has 0 bridgehead atoms. The molecule has 0 heterocycles. The zero-order chi connectivity index (χ0) is 13.9. The fourth-order valence-corrected chi connectivity index (χ4v) is 3.41. The summed E-state index contributed by atoms with van der Waals surface area (Å²) in [4.78, 5) is 0. The van der Waals surface area contributed by atoms with Crippen LogP contribution in [0.15, 0.2) is 42.5 Å². The van der Waals surface area contributed by atoms with Gasteiger partial charge in [0.05, 0.1) is 0 Å². The molecule has 2 aromatic rings. The Bertz CT molecular complexity index is 595. The van der Waals surface area contributed by atoms with Gasteiger partial charge in [-0.1, -0.05) is 75.6 Å². The van der Waals surface area contributed by atoms with Crippen molar-refractivity contribution in [1.82, 2.24) is 0 Å². The van der Waals surface area contributed by atoms with Gasteiger partial charge in [-0.05, 0) is 40.7 Å². The van der Waals surface area contributed by atoms with Gasteiger partial charge in [-0.2, -0.15) is 0 Å². The first kappa shape index (κ1) is 13.4. The number of hydrogen-bond acceptors (Lipinski definition) is 0. The van der Waals surface area contributed by atoms with E-state index in [0.717, 1.165) is 0 Å². The summed E-state index contributed by atoms with van der Waals surface area (Å²) in [5.74, 6) is 0.553. The first-order valence-corrected chi connectivity index (χ1v) is 8.03. The molecule has 20 heavy (non-hydrogen) atoms. The van der Waals surface area contributed by atoms with Gasteiger partial charge in [-0.25, -0.2) is 0 Å². The third kappa shape index (κ3) is 2.40. The molecule has 104 valence electrons. The molecule has 0 heteroatoms. The summed E-state index contributed by atoms with van der Waals surface area (Å²) in [6.07, 6.45) is 6.61. The third-order valence-corrected chi connectivity index (χ3v) is 4.62. The van der Waals surface area contributed by atoms with Gasteiger partial charge in [-0.15, -0.1) is 0 Å². The zero-order valence-corrected chi connectivity index (χ0v) is 12.7. The lowest BCUT2D eigenvalue weighted by atomic mass is 9.96. The minimum atomic E-state index is 0.553. The predicted molar refractivity (Wildman–Crippen MR) is 87.2 cm³/mol. The molecular weight excluding hydrogens is 240 g/mol. The van der Waals surface area contributed by atoms with Crippen LogP contribution in [0, 0.1) is 0 Å². The van der Waals surface area contributed by atoms with Gasteiger partial charge < -0.3 is 0 Å². The molecule has 1 unspecified atom stereocenters. The van der Waals surface area contributed by atoms with Gasteiger partial charge in [0.25, 0.3) is 0 Å². The van der Waals surface area contributed by atoms with E-state index < -0.39 is 0 Å². The van der Waals surface area contributed by atoms with Crippen LogP contribution < -0.4 is 0 Å². The van der Waals surface area contributed by atoms with Gasteiger partial charge in [0.15, 0.2) is 0 Å². The number of fused-ring (bicyclic) bond motifs is 3. The van der Waals surface area contributed by atoms with Gasteiger partial charge in [0, 0.05) is 5.92 Å². The molecule has 0 fully saturated rings. The van der Waals surface area contributed by atoms with E-state index in [1.165, 1.54) is 59.9 Å². The standard InChI is InChI=1S/C20H24/c1-3-4-5-6-9-16-12-13-19-18-11-8-7-10-17(18)15(2)20(19)14-16/h7-8,10-15H,3-6,9H2,1-2H3. The molecule has 0 saturated carbocycles. The van der Waals surface area contributed by atoms with Crippen LogP contribution >= 0.6 is 0 Å². The van der Waals surface area contributed by atoms with E-state index in [2.05, 4.69) is 56.3 Å². The van der Waals surface area contributed by atoms with E-state index in [9.17, 15) is 0 Å². The Kier molecular flexibility index (Phi) is 3.91. The maximum atomic E-state index is 2.45. The van der Waals surface area contributed by atoms with Crippen molar-refractivity contribution in [2.24, 2.45) is 0 Å². The van der Waals surface area contributed by atoms with E-state index >= 15 is 0 Å². The Morgan fingerprint density at radius 3 is 2.50 bits per heavy atom. The second-order valence-corrected chi connectivity index (χ2v) is 6.04. The average Bonchev–Trinajstić information content (AvgIpc) is 2.77. The van der Waals surface area contributed by atoms with Crippen LogP contribution in [0.4, 0.5) is 0 Å². The number of rotatable bonds is 5. The minimum Gasteiger partial charge on any atom is -0.0654 e. The highest BCUT2D eigenvalue weighted by Gasteiger charge is 2.24. The number of benzene rings is 2. The van der Waals surface area contributed by atoms with Crippen LogP contribution in [0.25, 0.3) is 11.1 Å². The van der Waals surface area contributed by atoms with Gasteiger partial charge in [0.1, 0.15) is 0 Å². The Morgan fingerprint density at radius 1 is 0.850 bits per heavy atom. The highest BCUT2D eigenvalue weighted by Crippen LogP contribution is 2.44. The van der Waals surface area contributed by atoms with Crippen molar-refractivity contribution < 1.29 is 0 Å². The summed E-state index contributed by atoms with van der Waals surface area (Å²) < 4.78 is 0. The largest absolute Gasteiger partial charge is 0.0654 e. The maximum absolute atomic E-state index is 2.45. The van der Waals surface area contributed by atoms with Crippen molar-refractivity contribution in [3.05, 3.63) is 59.2 Å². The molecule has 0 radical (unpaired) electrons. The summed E-state index contributed by atoms with van der Waals surface area (Å²) in [6.45, 7) is 4.61. The van der Waals surface area contributed by atoms with Crippen molar-refractivity contribution >= 4 is 0 Å². The average molecular weight is 264 g/mol. The summed E-state index contributed by atoms with van der Waals surface area (Å²) in [7, 11) is 0. The van der Waals surface area contributed by atoms with E-state index in [-0.39, 0.29) is 0 Å². The molecule has 0 saturated heterocycles. The van der Waals surface area contributed by atoms with Crippen molar-refractivity contribution in [1.29, 1.82) is 0 Å². The van der Waals surface area contributed by atoms with Gasteiger partial charge in [-0.3, -0.25) is 0 Å². The Labute approximate surface area is 122 Å². The molecule has 2 aromatic carbocycles. The predicted octanol–water partition coefficient (Wildman–Crippen LogP) is 5.94. The van der Waals surface area contributed by atoms with Crippen LogP contribution in [0.3, 0.4) is 0 Å². The molecule has 1 aliphatic rings. The lowest BCUT2D eigenvalue weighted by Crippen LogP contribution is -1.92. The van der Waals surface area contributed by atoms with Gasteiger partial charge in [0.2, 0.25) is 0 Å². The molecule has 0 nitrogen and oxygen atoms in total. The minimum absolute atomic E-state index is 0.553. The number of unbranched alkanes of at least 4 members (excludes halogenated alkanes) is 3. The second kappa shape index (κ2) is 5.83. The van der Waals surface area contributed by atoms with Crippen LogP contribution in [0.1, 0.15) is 62.1 Å². The zero-order valence-electron chi connectivity index (χ0n) is 12.7. The SMILES string of the molecule is CCCCCCc1ccc2c(c1)C(C)c1ccccc1-2. The summed E-state index contributed by atoms with van der Waals surface area (Å²) in [6, 6.07) is 16.0. The summed E-state index contributed by atoms with van der Waals surface area (Å²) >= 11 is 0. The van der Waals surface area contributed by atoms with E-state index in [1.54, 1.807) is 0 Å². The molecule has 0 N–H and O–H groups in total. The van der Waals surface area contributed by atoms with E-state index in [1.807, 2.05) is 0 Å². The Morgan fingerprint density at radius 2 is 1.65 bits per heavy atom. The van der Waals surface area contributed by atoms with Crippen LogP contribution in [0.2, 0.25) is 0 Å². The molecule has 1 aliphatic carbocycles. The van der Waals surface area contributed by atoms with Crippen molar-refractivity contribution in [3.63, 3.8) is 0 Å². The maximum Gasteiger partial charge on any atom is 0.00734 e. The number of aryl methyl sites for hydroxylation is 1. The van der Waals surface area contributed by atoms with Crippen molar-refractivity contribution in [2.75, 3.05) is 0 Å². The van der Waals surface area contributed by atoms with E-state index in [0.29, 0.717) is 5.92 Å². The molecule has 0 aromatic heterocycles. The molecular formula is C20H24. The van der Waals surface area contributed by atoms with Gasteiger partial charge >= 0.3 is 0 Å². The van der Waals surface area contributed by atoms with Crippen LogP contribution in [-0.2, 0) is 6.42 Å². The molecule has 1 atom stereocenters. The lowest BCUT2D eigenvalue weighted by molar-refractivity contribution is 0.666. The highest BCUT2D eigenvalue weighted by molar-refractivity contribution is 5.78. The monoisotopic (exact) mass is 264 g/mol. The normalized spacial score (nSPS) is 16.0. The topological polar surface area (TPSA) is 0 Å². The van der Waals surface area contributed by atoms with E-state index in [4.69, 9.17) is 0 Å². The summed E-state index contributed by atoms with van der Waals surface area (Å²) in [5.41, 5.74) is 7.42. The highest BCUT2D eigenvalue weighted by atomic mass is 14.3. The molecule has 0 aliphatic heterocycles. The fourth-order valence-electron chi connectivity index (χ4n) is 3.41. The molecule has 0 spiro atoms. The number of hydrogen-bond donors (Lipinski definition) is 0. The first-order chi connectivity index (χ1) is 9.81. The first-order valence-electron chi connectivity index (χ1n) is 8.03. The Hall–Kier alpha value is -1.56. The smallest absolute Gasteiger partial charge is 0.00734 e. The quantitative estimate of drug-likeness (QED) is 0.586. The van der Waals surface area contributed by atoms with Crippen molar-refractivity contribution in [3.8, 4) is 11.1 Å². The summed E-state index contributed by atoms with van der Waals surface area (Å²) in [5, 5.41) is 0. The lowest BCUT2D eigenvalue weighted by Gasteiger charge is -2.08. The van der Waals surface area contributed by atoms with Crippen molar-refractivity contribution in [2.45, 2.75) is 51.9 Å². The van der Waals surface area contributed by atoms with Crippen LogP contribution in [-0.4, -0.2) is 0 Å². The Balaban J connectivity index is 1.81. The molecule has 3 rings (SSSR count). The second-order valence-electron chi connectivity index (χ2n) is 6.04.